The molecule has 1 aliphatic rings. The molecular formula is C10H16Br2Ti. The number of hydrogen-bond donors (Lipinski definition) is 0. The SMILES string of the molecule is CCCCC1=CC(C)C=C1.[Br][Ti][Br]. The molecule has 1 atom stereocenters. The Labute approximate surface area is 103 Å². The van der Waals surface area contributed by atoms with Crippen LogP contribution in [0.15, 0.2) is 23.8 Å². The fraction of sp³-hybridized carbons (Fsp3) is 0.600. The van der Waals surface area contributed by atoms with Crippen LogP contribution in [-0.2, 0) is 15.0 Å². The van der Waals surface area contributed by atoms with Gasteiger partial charge >= 0.3 is 41.3 Å². The van der Waals surface area contributed by atoms with Gasteiger partial charge in [0.1, 0.15) is 0 Å². The van der Waals surface area contributed by atoms with Crippen molar-refractivity contribution in [3.8, 4) is 0 Å². The molecule has 74 valence electrons. The summed E-state index contributed by atoms with van der Waals surface area (Å²) in [6.45, 7) is 4.47. The summed E-state index contributed by atoms with van der Waals surface area (Å²) in [5.74, 6) is 0.687. The van der Waals surface area contributed by atoms with E-state index in [9.17, 15) is 0 Å². The summed E-state index contributed by atoms with van der Waals surface area (Å²) < 4.78 is 0. The maximum absolute atomic E-state index is 3.19. The molecule has 0 nitrogen and oxygen atoms in total. The number of hydrogen-bond acceptors (Lipinski definition) is 0. The van der Waals surface area contributed by atoms with Gasteiger partial charge < -0.3 is 0 Å². The third-order valence-corrected chi connectivity index (χ3v) is 1.91. The number of allylic oxidation sites excluding steroid dienone is 4. The summed E-state index contributed by atoms with van der Waals surface area (Å²) in [6.07, 6.45) is 10.8. The summed E-state index contributed by atoms with van der Waals surface area (Å²) in [6, 6.07) is 0. The maximum atomic E-state index is 3.19. The van der Waals surface area contributed by atoms with Gasteiger partial charge in [-0.3, -0.25) is 0 Å². The Morgan fingerprint density at radius 1 is 1.46 bits per heavy atom. The molecule has 0 saturated heterocycles. The van der Waals surface area contributed by atoms with Gasteiger partial charge in [0, 0.05) is 0 Å². The molecule has 3 heteroatoms. The van der Waals surface area contributed by atoms with Crippen molar-refractivity contribution in [1.82, 2.24) is 0 Å². The zero-order valence-electron chi connectivity index (χ0n) is 8.19. The van der Waals surface area contributed by atoms with Gasteiger partial charge in [-0.2, -0.15) is 0 Å². The van der Waals surface area contributed by atoms with Crippen LogP contribution in [0.2, 0.25) is 0 Å². The van der Waals surface area contributed by atoms with Gasteiger partial charge in [-0.05, 0) is 18.8 Å². The van der Waals surface area contributed by atoms with Crippen molar-refractivity contribution in [3.63, 3.8) is 0 Å². The molecule has 0 aromatic rings. The van der Waals surface area contributed by atoms with E-state index in [2.05, 4.69) is 58.4 Å². The van der Waals surface area contributed by atoms with E-state index < -0.39 is 0 Å². The van der Waals surface area contributed by atoms with Crippen LogP contribution in [0.25, 0.3) is 0 Å². The first kappa shape index (κ1) is 14.2. The van der Waals surface area contributed by atoms with Crippen LogP contribution in [-0.4, -0.2) is 0 Å². The first-order valence-corrected chi connectivity index (χ1v) is 12.3. The summed E-state index contributed by atoms with van der Waals surface area (Å²) in [5, 5.41) is 0. The molecule has 1 unspecified atom stereocenters. The Balaban J connectivity index is 0.000000424. The van der Waals surface area contributed by atoms with E-state index >= 15 is 0 Å². The molecule has 0 aromatic carbocycles. The topological polar surface area (TPSA) is 0 Å². The molecule has 0 aromatic heterocycles. The third kappa shape index (κ3) is 8.17. The predicted molar refractivity (Wildman–Crippen MR) is 63.8 cm³/mol. The van der Waals surface area contributed by atoms with E-state index in [0.29, 0.717) is 5.92 Å². The second-order valence-electron chi connectivity index (χ2n) is 3.13. The predicted octanol–water partition coefficient (Wildman–Crippen LogP) is 5.00. The summed E-state index contributed by atoms with van der Waals surface area (Å²) >= 11 is 6.50. The minimum absolute atomic E-state index is 0.125. The van der Waals surface area contributed by atoms with E-state index in [1.54, 1.807) is 0 Å². The normalized spacial score (nSPS) is 19.1. The van der Waals surface area contributed by atoms with E-state index in [1.165, 1.54) is 24.8 Å². The van der Waals surface area contributed by atoms with E-state index in [0.717, 1.165) is 0 Å². The second kappa shape index (κ2) is 9.70. The molecule has 0 amide bonds. The van der Waals surface area contributed by atoms with Crippen LogP contribution < -0.4 is 0 Å². The molecule has 1 aliphatic carbocycles. The van der Waals surface area contributed by atoms with Crippen molar-refractivity contribution in [1.29, 1.82) is 0 Å². The molecule has 0 bridgehead atoms. The average Bonchev–Trinajstić information content (AvgIpc) is 2.49. The summed E-state index contributed by atoms with van der Waals surface area (Å²) in [4.78, 5) is 0. The van der Waals surface area contributed by atoms with Crippen molar-refractivity contribution in [2.75, 3.05) is 0 Å². The van der Waals surface area contributed by atoms with E-state index in [4.69, 9.17) is 0 Å². The van der Waals surface area contributed by atoms with Gasteiger partial charge in [0.05, 0.1) is 0 Å². The van der Waals surface area contributed by atoms with Crippen molar-refractivity contribution >= 4 is 26.3 Å². The van der Waals surface area contributed by atoms with Gasteiger partial charge in [0.25, 0.3) is 0 Å². The molecule has 0 radical (unpaired) electrons. The quantitative estimate of drug-likeness (QED) is 0.633. The van der Waals surface area contributed by atoms with Gasteiger partial charge in [-0.15, -0.1) is 0 Å². The number of rotatable bonds is 3. The third-order valence-electron chi connectivity index (χ3n) is 1.91. The first-order chi connectivity index (χ1) is 6.24. The Bertz CT molecular complexity index is 176. The molecule has 0 N–H and O–H groups in total. The molecule has 0 aliphatic heterocycles. The first-order valence-electron chi connectivity index (χ1n) is 4.59. The fourth-order valence-corrected chi connectivity index (χ4v) is 1.27. The van der Waals surface area contributed by atoms with Crippen LogP contribution in [0.4, 0.5) is 0 Å². The fourth-order valence-electron chi connectivity index (χ4n) is 1.27. The Kier molecular flexibility index (Phi) is 10.6. The molecule has 0 heterocycles. The Morgan fingerprint density at radius 2 is 2.08 bits per heavy atom. The number of halogens is 2. The van der Waals surface area contributed by atoms with E-state index in [-0.39, 0.29) is 15.0 Å². The van der Waals surface area contributed by atoms with Crippen molar-refractivity contribution in [2.45, 2.75) is 33.1 Å². The van der Waals surface area contributed by atoms with Gasteiger partial charge in [-0.25, -0.2) is 0 Å². The van der Waals surface area contributed by atoms with Crippen LogP contribution in [0, 0.1) is 5.92 Å². The monoisotopic (exact) mass is 342 g/mol. The average molecular weight is 344 g/mol. The zero-order chi connectivity index (χ0) is 10.1. The van der Waals surface area contributed by atoms with Crippen LogP contribution in [0.3, 0.4) is 0 Å². The molecule has 13 heavy (non-hydrogen) atoms. The summed E-state index contributed by atoms with van der Waals surface area (Å²) in [7, 11) is 0. The molecule has 0 spiro atoms. The van der Waals surface area contributed by atoms with Crippen LogP contribution in [0.1, 0.15) is 33.1 Å². The van der Waals surface area contributed by atoms with E-state index in [1.807, 2.05) is 0 Å². The molecule has 1 rings (SSSR count). The van der Waals surface area contributed by atoms with Gasteiger partial charge in [0.2, 0.25) is 0 Å². The Morgan fingerprint density at radius 3 is 2.46 bits per heavy atom. The van der Waals surface area contributed by atoms with Crippen LogP contribution in [0.5, 0.6) is 0 Å². The number of unbranched alkanes of at least 4 members (excludes halogenated alkanes) is 1. The van der Waals surface area contributed by atoms with Crippen molar-refractivity contribution in [2.24, 2.45) is 5.92 Å². The van der Waals surface area contributed by atoms with Crippen molar-refractivity contribution in [3.05, 3.63) is 23.8 Å². The zero-order valence-corrected chi connectivity index (χ0v) is 12.9. The standard InChI is InChI=1S/C10H16.2BrH.Ti/c1-3-4-5-10-7-6-9(2)8-10;;;/h6-9H,3-5H2,1-2H3;2*1H;/q;;;+2/p-2. The second-order valence-corrected chi connectivity index (χ2v) is 11.0. The summed E-state index contributed by atoms with van der Waals surface area (Å²) in [5.41, 5.74) is 1.54. The van der Waals surface area contributed by atoms with Gasteiger partial charge in [-0.1, -0.05) is 44.1 Å². The van der Waals surface area contributed by atoms with Crippen molar-refractivity contribution < 1.29 is 15.0 Å². The van der Waals surface area contributed by atoms with Crippen LogP contribution >= 0.6 is 26.3 Å². The minimum atomic E-state index is 0.125. The molecular weight excluding hydrogens is 328 g/mol. The Hall–Kier alpha value is 1.15. The van der Waals surface area contributed by atoms with Gasteiger partial charge in [0.15, 0.2) is 0 Å². The molecule has 0 saturated carbocycles. The molecule has 0 fully saturated rings.